The van der Waals surface area contributed by atoms with Gasteiger partial charge in [-0.05, 0) is 51.9 Å². The highest BCUT2D eigenvalue weighted by atomic mass is 31.2. The van der Waals surface area contributed by atoms with Crippen molar-refractivity contribution in [3.8, 4) is 0 Å². The van der Waals surface area contributed by atoms with E-state index in [1.54, 1.807) is 6.92 Å². The van der Waals surface area contributed by atoms with E-state index in [1.165, 1.54) is 83.5 Å². The van der Waals surface area contributed by atoms with E-state index in [9.17, 15) is 19.0 Å². The van der Waals surface area contributed by atoms with Crippen molar-refractivity contribution in [1.82, 2.24) is 0 Å². The van der Waals surface area contributed by atoms with Gasteiger partial charge in [0, 0.05) is 12.8 Å². The van der Waals surface area contributed by atoms with Gasteiger partial charge in [0.15, 0.2) is 6.10 Å². The highest BCUT2D eigenvalue weighted by Crippen LogP contribution is 2.43. The fourth-order valence-corrected chi connectivity index (χ4v) is 6.28. The molecule has 0 aromatic rings. The van der Waals surface area contributed by atoms with Crippen LogP contribution >= 0.6 is 7.82 Å². The molecular weight excluding hydrogens is 651 g/mol. The topological polar surface area (TPSA) is 108 Å². The Labute approximate surface area is 306 Å². The van der Waals surface area contributed by atoms with E-state index >= 15 is 0 Å². The first-order valence-corrected chi connectivity index (χ1v) is 21.8. The third kappa shape index (κ3) is 36.1. The Morgan fingerprint density at radius 3 is 1.54 bits per heavy atom. The number of phosphoric ester groups is 1. The molecule has 0 saturated carbocycles. The van der Waals surface area contributed by atoms with Gasteiger partial charge in [-0.3, -0.25) is 18.6 Å². The number of esters is 2. The molecule has 0 aromatic heterocycles. The van der Waals surface area contributed by atoms with Gasteiger partial charge in [0.2, 0.25) is 0 Å². The largest absolute Gasteiger partial charge is 0.472 e. The Morgan fingerprint density at radius 1 is 0.560 bits per heavy atom. The molecule has 50 heavy (non-hydrogen) atoms. The van der Waals surface area contributed by atoms with Crippen LogP contribution in [-0.2, 0) is 32.7 Å². The average Bonchev–Trinajstić information content (AvgIpc) is 3.09. The standard InChI is InChI=1S/C41H75O8P/c1-4-7-9-11-13-15-17-19-20-21-22-24-26-28-30-32-34-36-41(43)49-39(38-48-50(44,45)47-6-3)37-46-40(42)35-33-31-29-27-25-23-18-16-14-12-10-8-5-2/h7,9,13,15,19-20,39H,4-6,8,10-12,14,16-18,21-38H2,1-3H3,(H,44,45)/b9-7-,15-13-,20-19-. The van der Waals surface area contributed by atoms with Gasteiger partial charge < -0.3 is 14.4 Å². The zero-order valence-corrected chi connectivity index (χ0v) is 33.2. The highest BCUT2D eigenvalue weighted by Gasteiger charge is 2.25. The molecule has 292 valence electrons. The summed E-state index contributed by atoms with van der Waals surface area (Å²) >= 11 is 0. The molecule has 0 spiro atoms. The summed E-state index contributed by atoms with van der Waals surface area (Å²) in [7, 11) is -4.28. The maximum absolute atomic E-state index is 12.5. The van der Waals surface area contributed by atoms with Crippen molar-refractivity contribution >= 4 is 19.8 Å². The van der Waals surface area contributed by atoms with Gasteiger partial charge in [0.05, 0.1) is 13.2 Å². The Hall–Kier alpha value is -1.73. The molecule has 2 atom stereocenters. The molecule has 8 nitrogen and oxygen atoms in total. The highest BCUT2D eigenvalue weighted by molar-refractivity contribution is 7.47. The van der Waals surface area contributed by atoms with Crippen LogP contribution in [0.2, 0.25) is 0 Å². The second-order valence-electron chi connectivity index (χ2n) is 13.3. The van der Waals surface area contributed by atoms with Crippen molar-refractivity contribution in [2.75, 3.05) is 19.8 Å². The van der Waals surface area contributed by atoms with Gasteiger partial charge in [0.1, 0.15) is 6.61 Å². The predicted octanol–water partition coefficient (Wildman–Crippen LogP) is 12.4. The van der Waals surface area contributed by atoms with Crippen LogP contribution in [0.4, 0.5) is 0 Å². The van der Waals surface area contributed by atoms with Crippen LogP contribution in [0.15, 0.2) is 36.5 Å². The maximum atomic E-state index is 12.5. The first-order valence-electron chi connectivity index (χ1n) is 20.3. The molecule has 0 aliphatic rings. The maximum Gasteiger partial charge on any atom is 0.472 e. The first-order chi connectivity index (χ1) is 24.3. The number of unbranched alkanes of at least 4 members (excludes halogenated alkanes) is 19. The van der Waals surface area contributed by atoms with E-state index in [0.717, 1.165) is 64.2 Å². The molecular formula is C41H75O8P. The molecule has 9 heteroatoms. The lowest BCUT2D eigenvalue weighted by Gasteiger charge is -2.19. The van der Waals surface area contributed by atoms with Crippen molar-refractivity contribution in [3.05, 3.63) is 36.5 Å². The monoisotopic (exact) mass is 727 g/mol. The minimum atomic E-state index is -4.28. The Bertz CT molecular complexity index is 916. The quantitative estimate of drug-likeness (QED) is 0.0292. The first kappa shape index (κ1) is 48.3. The third-order valence-corrected chi connectivity index (χ3v) is 9.52. The lowest BCUT2D eigenvalue weighted by atomic mass is 10.0. The number of hydrogen-bond donors (Lipinski definition) is 1. The molecule has 0 saturated heterocycles. The summed E-state index contributed by atoms with van der Waals surface area (Å²) in [5, 5.41) is 0. The van der Waals surface area contributed by atoms with Crippen molar-refractivity contribution in [2.45, 2.75) is 194 Å². The average molecular weight is 727 g/mol. The Kier molecular flexibility index (Phi) is 35.8. The molecule has 0 bridgehead atoms. The molecule has 0 fully saturated rings. The number of allylic oxidation sites excluding steroid dienone is 6. The third-order valence-electron chi connectivity index (χ3n) is 8.46. The van der Waals surface area contributed by atoms with Gasteiger partial charge in [-0.25, -0.2) is 4.57 Å². The number of carbonyl (C=O) groups excluding carboxylic acids is 2. The van der Waals surface area contributed by atoms with Crippen LogP contribution in [0.25, 0.3) is 0 Å². The van der Waals surface area contributed by atoms with Crippen LogP contribution in [-0.4, -0.2) is 42.8 Å². The second kappa shape index (κ2) is 37.0. The molecule has 2 unspecified atom stereocenters. The fraction of sp³-hybridized carbons (Fsp3) is 0.805. The van der Waals surface area contributed by atoms with Gasteiger partial charge in [0.25, 0.3) is 0 Å². The lowest BCUT2D eigenvalue weighted by molar-refractivity contribution is -0.161. The van der Waals surface area contributed by atoms with E-state index in [-0.39, 0.29) is 25.6 Å². The van der Waals surface area contributed by atoms with Gasteiger partial charge in [-0.2, -0.15) is 0 Å². The van der Waals surface area contributed by atoms with E-state index in [0.29, 0.717) is 12.8 Å². The van der Waals surface area contributed by atoms with Crippen molar-refractivity contribution < 1.29 is 37.6 Å². The number of hydrogen-bond acceptors (Lipinski definition) is 7. The number of rotatable bonds is 37. The van der Waals surface area contributed by atoms with Crippen LogP contribution in [0.3, 0.4) is 0 Å². The summed E-state index contributed by atoms with van der Waals surface area (Å²) in [5.41, 5.74) is 0. The van der Waals surface area contributed by atoms with Crippen LogP contribution in [0.5, 0.6) is 0 Å². The van der Waals surface area contributed by atoms with Crippen molar-refractivity contribution in [1.29, 1.82) is 0 Å². The van der Waals surface area contributed by atoms with Crippen LogP contribution in [0.1, 0.15) is 188 Å². The summed E-state index contributed by atoms with van der Waals surface area (Å²) < 4.78 is 32.6. The number of ether oxygens (including phenoxy) is 2. The molecule has 0 aromatic carbocycles. The molecule has 0 amide bonds. The summed E-state index contributed by atoms with van der Waals surface area (Å²) in [5.74, 6) is -0.806. The molecule has 0 radical (unpaired) electrons. The number of carbonyl (C=O) groups is 2. The Balaban J connectivity index is 4.12. The summed E-state index contributed by atoms with van der Waals surface area (Å²) in [6.45, 7) is 5.35. The molecule has 0 aliphatic carbocycles. The minimum absolute atomic E-state index is 0.00116. The SMILES string of the molecule is CC/C=C\C/C=C\C/C=C\CCCCCCCCCC(=O)OC(COC(=O)CCCCCCCCCCCCCCC)COP(=O)(O)OCC. The van der Waals surface area contributed by atoms with E-state index < -0.39 is 26.5 Å². The summed E-state index contributed by atoms with van der Waals surface area (Å²) in [6, 6.07) is 0. The molecule has 1 N–H and O–H groups in total. The van der Waals surface area contributed by atoms with E-state index in [4.69, 9.17) is 18.5 Å². The second-order valence-corrected chi connectivity index (χ2v) is 14.7. The van der Waals surface area contributed by atoms with Gasteiger partial charge in [-0.15, -0.1) is 0 Å². The zero-order valence-electron chi connectivity index (χ0n) is 32.3. The van der Waals surface area contributed by atoms with Crippen LogP contribution in [0, 0.1) is 0 Å². The lowest BCUT2D eigenvalue weighted by Crippen LogP contribution is -2.29. The van der Waals surface area contributed by atoms with Crippen molar-refractivity contribution in [3.63, 3.8) is 0 Å². The molecule has 0 rings (SSSR count). The zero-order chi connectivity index (χ0) is 36.8. The Morgan fingerprint density at radius 2 is 1.02 bits per heavy atom. The number of phosphoric acid groups is 1. The van der Waals surface area contributed by atoms with Gasteiger partial charge >= 0.3 is 19.8 Å². The minimum Gasteiger partial charge on any atom is -0.462 e. The smallest absolute Gasteiger partial charge is 0.462 e. The van der Waals surface area contributed by atoms with Crippen LogP contribution < -0.4 is 0 Å². The van der Waals surface area contributed by atoms with Gasteiger partial charge in [-0.1, -0.05) is 159 Å². The molecule has 0 aliphatic heterocycles. The summed E-state index contributed by atoms with van der Waals surface area (Å²) in [4.78, 5) is 34.7. The molecule has 0 heterocycles. The van der Waals surface area contributed by atoms with E-state index in [1.807, 2.05) is 0 Å². The normalized spacial score (nSPS) is 13.8. The predicted molar refractivity (Wildman–Crippen MR) is 207 cm³/mol. The fourth-order valence-electron chi connectivity index (χ4n) is 5.53. The van der Waals surface area contributed by atoms with Crippen molar-refractivity contribution in [2.24, 2.45) is 0 Å². The van der Waals surface area contributed by atoms with E-state index in [2.05, 4.69) is 50.3 Å². The summed E-state index contributed by atoms with van der Waals surface area (Å²) in [6.07, 6.45) is 40.5.